The van der Waals surface area contributed by atoms with Crippen molar-refractivity contribution in [2.24, 2.45) is 0 Å². The van der Waals surface area contributed by atoms with Gasteiger partial charge in [0, 0.05) is 21.4 Å². The van der Waals surface area contributed by atoms with E-state index in [4.69, 9.17) is 0 Å². The van der Waals surface area contributed by atoms with Gasteiger partial charge in [0.2, 0.25) is 5.13 Å². The molecule has 1 N–H and O–H groups in total. The van der Waals surface area contributed by atoms with Gasteiger partial charge in [0.05, 0.1) is 0 Å². The Morgan fingerprint density at radius 1 is 1.44 bits per heavy atom. The van der Waals surface area contributed by atoms with E-state index in [0.717, 1.165) is 10.3 Å². The predicted octanol–water partition coefficient (Wildman–Crippen LogP) is 3.91. The number of carbonyl (C=O) groups excluding carboxylic acids is 1. The zero-order valence-electron chi connectivity index (χ0n) is 10.2. The number of thiophene rings is 1. The summed E-state index contributed by atoms with van der Waals surface area (Å²) in [5.41, 5.74) is -0.108. The summed E-state index contributed by atoms with van der Waals surface area (Å²) < 4.78 is 5.05. The minimum Gasteiger partial charge on any atom is -0.296 e. The van der Waals surface area contributed by atoms with Crippen LogP contribution >= 0.6 is 38.8 Å². The van der Waals surface area contributed by atoms with Crippen LogP contribution in [0.3, 0.4) is 0 Å². The van der Waals surface area contributed by atoms with E-state index in [1.807, 2.05) is 32.2 Å². The van der Waals surface area contributed by atoms with Crippen LogP contribution in [0.1, 0.15) is 36.3 Å². The maximum absolute atomic E-state index is 12.0. The molecule has 0 saturated heterocycles. The van der Waals surface area contributed by atoms with E-state index < -0.39 is 0 Å². The molecule has 0 aromatic carbocycles. The van der Waals surface area contributed by atoms with Crippen molar-refractivity contribution in [1.29, 1.82) is 0 Å². The van der Waals surface area contributed by atoms with Gasteiger partial charge in [0.15, 0.2) is 0 Å². The van der Waals surface area contributed by atoms with Crippen molar-refractivity contribution in [2.75, 3.05) is 5.32 Å². The van der Waals surface area contributed by atoms with Crippen LogP contribution in [-0.2, 0) is 5.41 Å². The molecule has 18 heavy (non-hydrogen) atoms. The van der Waals surface area contributed by atoms with Gasteiger partial charge >= 0.3 is 0 Å². The molecule has 0 saturated carbocycles. The lowest BCUT2D eigenvalue weighted by molar-refractivity contribution is 0.103. The summed E-state index contributed by atoms with van der Waals surface area (Å²) in [7, 11) is 0. The van der Waals surface area contributed by atoms with E-state index in [1.165, 1.54) is 22.9 Å². The molecule has 0 radical (unpaired) electrons. The molecule has 0 aliphatic carbocycles. The highest BCUT2D eigenvalue weighted by Gasteiger charge is 2.21. The first-order valence-corrected chi connectivity index (χ1v) is 7.71. The lowest BCUT2D eigenvalue weighted by atomic mass is 9.96. The first-order valence-electron chi connectivity index (χ1n) is 5.26. The molecule has 0 aliphatic rings. The van der Waals surface area contributed by atoms with Crippen LogP contribution in [0.4, 0.5) is 5.13 Å². The maximum atomic E-state index is 12.0. The molecule has 7 heteroatoms. The zero-order valence-corrected chi connectivity index (χ0v) is 13.4. The van der Waals surface area contributed by atoms with Gasteiger partial charge in [-0.3, -0.25) is 10.1 Å². The van der Waals surface area contributed by atoms with E-state index in [2.05, 4.69) is 30.6 Å². The molecule has 0 atom stereocenters. The third-order valence-electron chi connectivity index (χ3n) is 2.14. The molecule has 0 fully saturated rings. The van der Waals surface area contributed by atoms with Crippen molar-refractivity contribution in [3.05, 3.63) is 26.6 Å². The molecular weight excluding hydrogens is 334 g/mol. The SMILES string of the molecule is CC(C)(C)c1nsc(NC(=O)c2sccc2Br)n1. The van der Waals surface area contributed by atoms with Crippen molar-refractivity contribution in [3.63, 3.8) is 0 Å². The van der Waals surface area contributed by atoms with Gasteiger partial charge in [-0.05, 0) is 27.4 Å². The second-order valence-electron chi connectivity index (χ2n) is 4.72. The Morgan fingerprint density at radius 3 is 2.67 bits per heavy atom. The van der Waals surface area contributed by atoms with Crippen LogP contribution in [0.25, 0.3) is 0 Å². The molecule has 1 amide bonds. The molecule has 2 rings (SSSR count). The number of anilines is 1. The fraction of sp³-hybridized carbons (Fsp3) is 0.364. The van der Waals surface area contributed by atoms with Crippen LogP contribution in [0.15, 0.2) is 15.9 Å². The van der Waals surface area contributed by atoms with Crippen molar-refractivity contribution in [1.82, 2.24) is 9.36 Å². The van der Waals surface area contributed by atoms with Crippen molar-refractivity contribution in [3.8, 4) is 0 Å². The monoisotopic (exact) mass is 345 g/mol. The Kier molecular flexibility index (Phi) is 3.84. The van der Waals surface area contributed by atoms with Gasteiger partial charge in [0.25, 0.3) is 5.91 Å². The normalized spacial score (nSPS) is 11.6. The lowest BCUT2D eigenvalue weighted by Gasteiger charge is -2.12. The number of halogens is 1. The van der Waals surface area contributed by atoms with Gasteiger partial charge in [-0.2, -0.15) is 4.37 Å². The smallest absolute Gasteiger partial charge is 0.268 e. The Hall–Kier alpha value is -0.790. The second-order valence-corrected chi connectivity index (χ2v) is 7.25. The highest BCUT2D eigenvalue weighted by molar-refractivity contribution is 9.10. The van der Waals surface area contributed by atoms with E-state index in [9.17, 15) is 4.79 Å². The minimum atomic E-state index is -0.159. The third-order valence-corrected chi connectivity index (χ3v) is 4.61. The number of rotatable bonds is 2. The molecular formula is C11H12BrN3OS2. The highest BCUT2D eigenvalue weighted by Crippen LogP contribution is 2.26. The minimum absolute atomic E-state index is 0.108. The second kappa shape index (κ2) is 5.07. The number of nitrogens with one attached hydrogen (secondary N) is 1. The fourth-order valence-electron chi connectivity index (χ4n) is 1.19. The molecule has 2 aromatic heterocycles. The lowest BCUT2D eigenvalue weighted by Crippen LogP contribution is -2.14. The predicted molar refractivity (Wildman–Crippen MR) is 78.6 cm³/mol. The topological polar surface area (TPSA) is 54.9 Å². The van der Waals surface area contributed by atoms with E-state index in [0.29, 0.717) is 10.0 Å². The molecule has 0 unspecified atom stereocenters. The van der Waals surface area contributed by atoms with Gasteiger partial charge < -0.3 is 0 Å². The molecule has 4 nitrogen and oxygen atoms in total. The Bertz CT molecular complexity index is 571. The number of hydrogen-bond donors (Lipinski definition) is 1. The number of nitrogens with zero attached hydrogens (tertiary/aromatic N) is 2. The maximum Gasteiger partial charge on any atom is 0.268 e. The zero-order chi connectivity index (χ0) is 13.3. The van der Waals surface area contributed by atoms with E-state index in [1.54, 1.807) is 0 Å². The van der Waals surface area contributed by atoms with Crippen molar-refractivity contribution >= 4 is 49.8 Å². The van der Waals surface area contributed by atoms with Crippen molar-refractivity contribution < 1.29 is 4.79 Å². The average Bonchev–Trinajstić information content (AvgIpc) is 2.85. The van der Waals surface area contributed by atoms with Crippen LogP contribution in [-0.4, -0.2) is 15.3 Å². The van der Waals surface area contributed by atoms with Crippen LogP contribution in [0, 0.1) is 0 Å². The average molecular weight is 346 g/mol. The fourth-order valence-corrected chi connectivity index (χ4v) is 3.39. The largest absolute Gasteiger partial charge is 0.296 e. The Balaban J connectivity index is 2.13. The number of amides is 1. The number of aromatic nitrogens is 2. The first-order chi connectivity index (χ1) is 8.38. The van der Waals surface area contributed by atoms with Crippen LogP contribution in [0.2, 0.25) is 0 Å². The molecule has 0 aliphatic heterocycles. The molecule has 2 heterocycles. The van der Waals surface area contributed by atoms with Gasteiger partial charge in [-0.15, -0.1) is 11.3 Å². The summed E-state index contributed by atoms with van der Waals surface area (Å²) in [6.07, 6.45) is 0. The summed E-state index contributed by atoms with van der Waals surface area (Å²) >= 11 is 5.93. The van der Waals surface area contributed by atoms with E-state index >= 15 is 0 Å². The summed E-state index contributed by atoms with van der Waals surface area (Å²) in [6.45, 7) is 6.11. The van der Waals surface area contributed by atoms with Gasteiger partial charge in [-0.1, -0.05) is 20.8 Å². The molecule has 0 bridgehead atoms. The first kappa shape index (κ1) is 13.6. The van der Waals surface area contributed by atoms with Crippen LogP contribution in [0.5, 0.6) is 0 Å². The summed E-state index contributed by atoms with van der Waals surface area (Å²) in [5, 5.41) is 5.16. The third kappa shape index (κ3) is 2.96. The standard InChI is InChI=1S/C11H12BrN3OS2/c1-11(2,3)9-14-10(18-15-9)13-8(16)7-6(12)4-5-17-7/h4-5H,1-3H3,(H,13,14,15,16). The van der Waals surface area contributed by atoms with Gasteiger partial charge in [0.1, 0.15) is 10.7 Å². The molecule has 2 aromatic rings. The summed E-state index contributed by atoms with van der Waals surface area (Å²) in [6, 6.07) is 1.85. The van der Waals surface area contributed by atoms with E-state index in [-0.39, 0.29) is 11.3 Å². The summed E-state index contributed by atoms with van der Waals surface area (Å²) in [4.78, 5) is 16.9. The van der Waals surface area contributed by atoms with Gasteiger partial charge in [-0.25, -0.2) is 4.98 Å². The van der Waals surface area contributed by atoms with Crippen LogP contribution < -0.4 is 5.32 Å². The number of carbonyl (C=O) groups is 1. The summed E-state index contributed by atoms with van der Waals surface area (Å²) in [5.74, 6) is 0.585. The molecule has 0 spiro atoms. The Labute approximate surface area is 122 Å². The number of hydrogen-bond acceptors (Lipinski definition) is 5. The Morgan fingerprint density at radius 2 is 2.17 bits per heavy atom. The molecule has 96 valence electrons. The quantitative estimate of drug-likeness (QED) is 0.897. The van der Waals surface area contributed by atoms with Crippen molar-refractivity contribution in [2.45, 2.75) is 26.2 Å². The highest BCUT2D eigenvalue weighted by atomic mass is 79.9.